The van der Waals surface area contributed by atoms with E-state index in [1.807, 2.05) is 0 Å². The summed E-state index contributed by atoms with van der Waals surface area (Å²) in [6.07, 6.45) is 0. The van der Waals surface area contributed by atoms with Gasteiger partial charge < -0.3 is 19.9 Å². The molecule has 0 fully saturated rings. The van der Waals surface area contributed by atoms with Crippen LogP contribution in [0.3, 0.4) is 0 Å². The number of likely N-dealkylation sites (N-methyl/N-ethyl adjacent to an activating group) is 1. The van der Waals surface area contributed by atoms with E-state index in [1.54, 1.807) is 13.8 Å². The van der Waals surface area contributed by atoms with Crippen molar-refractivity contribution in [3.05, 3.63) is 5.21 Å². The van der Waals surface area contributed by atoms with Crippen molar-refractivity contribution in [3.8, 4) is 0 Å². The summed E-state index contributed by atoms with van der Waals surface area (Å²) >= 11 is 0. The molecule has 0 aromatic heterocycles. The van der Waals surface area contributed by atoms with Crippen LogP contribution in [-0.4, -0.2) is 47.4 Å². The van der Waals surface area contributed by atoms with Crippen molar-refractivity contribution >= 4 is 11.9 Å². The average Bonchev–Trinajstić information content (AvgIpc) is 2.22. The predicted octanol–water partition coefficient (Wildman–Crippen LogP) is -0.0314. The molecular weight excluding hydrogens is 234 g/mol. The molecule has 0 amide bonds. The molecule has 9 nitrogen and oxygen atoms in total. The van der Waals surface area contributed by atoms with Crippen molar-refractivity contribution in [2.75, 3.05) is 20.4 Å². The van der Waals surface area contributed by atoms with E-state index in [0.717, 1.165) is 5.01 Å². The van der Waals surface area contributed by atoms with Crippen molar-refractivity contribution in [2.24, 2.45) is 11.2 Å². The van der Waals surface area contributed by atoms with Crippen LogP contribution in [0.25, 0.3) is 0 Å². The molecule has 0 radical (unpaired) electrons. The Morgan fingerprint density at radius 1 is 1.53 bits per heavy atom. The van der Waals surface area contributed by atoms with E-state index in [1.165, 1.54) is 7.05 Å². The highest BCUT2D eigenvalue weighted by molar-refractivity contribution is 5.71. The Morgan fingerprint density at radius 3 is 2.59 bits per heavy atom. The monoisotopic (exact) mass is 249 g/mol. The minimum absolute atomic E-state index is 0.0582. The maximum Gasteiger partial charge on any atom is 0.329 e. The number of hydrogen-bond donors (Lipinski definition) is 1. The lowest BCUT2D eigenvalue weighted by Gasteiger charge is -2.10. The summed E-state index contributed by atoms with van der Waals surface area (Å²) < 4.78 is 4.56. The first-order chi connectivity index (χ1) is 7.84. The lowest BCUT2D eigenvalue weighted by Crippen LogP contribution is -2.31. The highest BCUT2D eigenvalue weighted by Crippen LogP contribution is 1.96. The predicted molar refractivity (Wildman–Crippen MR) is 53.2 cm³/mol. The molecule has 9 heteroatoms. The summed E-state index contributed by atoms with van der Waals surface area (Å²) in [6.45, 7) is 2.25. The number of ether oxygens (including phenoxy) is 1. The highest BCUT2D eigenvalue weighted by Gasteiger charge is 2.12. The standard InChI is InChI=1S/C8H15N3O6/c1-6(2)8(14)16-5-17-9-11(15)10(3)4-7(12)13/h6H,4-5H2,1-3H3,(H,12,13)/b11-9-. The number of esters is 1. The number of carbonyl (C=O) groups is 2. The third kappa shape index (κ3) is 6.93. The average molecular weight is 249 g/mol. The summed E-state index contributed by atoms with van der Waals surface area (Å²) in [7, 11) is 1.22. The molecule has 1 N–H and O–H groups in total. The van der Waals surface area contributed by atoms with Gasteiger partial charge in [-0.2, -0.15) is 0 Å². The van der Waals surface area contributed by atoms with Gasteiger partial charge in [-0.1, -0.05) is 13.8 Å². The lowest BCUT2D eigenvalue weighted by atomic mass is 10.2. The molecule has 98 valence electrons. The number of carbonyl (C=O) groups excluding carboxylic acids is 1. The number of nitrogens with zero attached hydrogens (tertiary/aromatic N) is 3. The van der Waals surface area contributed by atoms with Crippen LogP contribution < -0.4 is 0 Å². The van der Waals surface area contributed by atoms with Crippen LogP contribution in [-0.2, 0) is 19.2 Å². The number of aliphatic carboxylic acids is 1. The maximum atomic E-state index is 11.0. The van der Waals surface area contributed by atoms with Gasteiger partial charge >= 0.3 is 11.9 Å². The number of carboxylic acid groups (broad SMARTS) is 1. The topological polar surface area (TPSA) is 114 Å². The van der Waals surface area contributed by atoms with E-state index in [9.17, 15) is 14.8 Å². The molecule has 0 spiro atoms. The fourth-order valence-corrected chi connectivity index (χ4v) is 0.643. The van der Waals surface area contributed by atoms with Crippen LogP contribution in [0.5, 0.6) is 0 Å². The zero-order valence-electron chi connectivity index (χ0n) is 9.82. The number of hydrogen-bond acceptors (Lipinski definition) is 6. The van der Waals surface area contributed by atoms with E-state index in [-0.39, 0.29) is 10.9 Å². The van der Waals surface area contributed by atoms with E-state index in [0.29, 0.717) is 0 Å². The van der Waals surface area contributed by atoms with Crippen molar-refractivity contribution in [1.29, 1.82) is 0 Å². The number of carboxylic acids is 1. The molecule has 0 saturated heterocycles. The van der Waals surface area contributed by atoms with Crippen molar-refractivity contribution in [2.45, 2.75) is 13.8 Å². The molecular formula is C8H15N3O6. The van der Waals surface area contributed by atoms with Gasteiger partial charge in [-0.3, -0.25) is 9.59 Å². The Labute approximate surface area is 97.7 Å². The summed E-state index contributed by atoms with van der Waals surface area (Å²) in [5, 5.41) is 23.1. The van der Waals surface area contributed by atoms with Gasteiger partial charge in [-0.25, -0.2) is 0 Å². The largest absolute Gasteiger partial charge is 0.569 e. The summed E-state index contributed by atoms with van der Waals surface area (Å²) in [4.78, 5) is 25.5. The first-order valence-electron chi connectivity index (χ1n) is 4.74. The van der Waals surface area contributed by atoms with Crippen molar-refractivity contribution in [3.63, 3.8) is 0 Å². The molecule has 0 aliphatic heterocycles. The maximum absolute atomic E-state index is 11.0. The third-order valence-corrected chi connectivity index (χ3v) is 1.51. The van der Waals surface area contributed by atoms with Crippen molar-refractivity contribution < 1.29 is 29.2 Å². The van der Waals surface area contributed by atoms with Gasteiger partial charge in [-0.15, -0.1) is 5.01 Å². The Hall–Kier alpha value is -2.06. The zero-order chi connectivity index (χ0) is 13.4. The van der Waals surface area contributed by atoms with E-state index >= 15 is 0 Å². The Kier molecular flexibility index (Phi) is 6.37. The van der Waals surface area contributed by atoms with E-state index < -0.39 is 25.3 Å². The van der Waals surface area contributed by atoms with Gasteiger partial charge in [-0.05, 0) is 0 Å². The second kappa shape index (κ2) is 7.25. The molecule has 0 rings (SSSR count). The number of rotatable bonds is 7. The van der Waals surface area contributed by atoms with E-state index in [4.69, 9.17) is 5.11 Å². The zero-order valence-corrected chi connectivity index (χ0v) is 9.82. The van der Waals surface area contributed by atoms with Gasteiger partial charge in [0.15, 0.2) is 6.54 Å². The first kappa shape index (κ1) is 14.9. The van der Waals surface area contributed by atoms with Gasteiger partial charge in [0.2, 0.25) is 5.28 Å². The molecule has 0 aliphatic carbocycles. The van der Waals surface area contributed by atoms with Gasteiger partial charge in [0.1, 0.15) is 0 Å². The second-order valence-corrected chi connectivity index (χ2v) is 3.41. The summed E-state index contributed by atoms with van der Waals surface area (Å²) in [5.74, 6) is -1.98. The van der Waals surface area contributed by atoms with Gasteiger partial charge in [0, 0.05) is 0 Å². The highest BCUT2D eigenvalue weighted by atomic mass is 16.8. The Balaban J connectivity index is 3.92. The lowest BCUT2D eigenvalue weighted by molar-refractivity contribution is -0.704. The first-order valence-corrected chi connectivity index (χ1v) is 4.74. The quantitative estimate of drug-likeness (QED) is 0.168. The van der Waals surface area contributed by atoms with E-state index in [2.05, 4.69) is 14.9 Å². The number of hydrazine groups is 1. The Bertz CT molecular complexity index is 304. The van der Waals surface area contributed by atoms with Gasteiger partial charge in [0.05, 0.1) is 17.9 Å². The minimum atomic E-state index is -1.19. The SMILES string of the molecule is CC(C)C(=O)OCO/N=[N+](\[O-])N(C)CC(=O)O. The van der Waals surface area contributed by atoms with Crippen LogP contribution in [0, 0.1) is 11.1 Å². The second-order valence-electron chi connectivity index (χ2n) is 3.41. The molecule has 17 heavy (non-hydrogen) atoms. The summed E-state index contributed by atoms with van der Waals surface area (Å²) in [6, 6.07) is 0. The fourth-order valence-electron chi connectivity index (χ4n) is 0.643. The minimum Gasteiger partial charge on any atom is -0.569 e. The van der Waals surface area contributed by atoms with Crippen LogP contribution in [0.1, 0.15) is 13.8 Å². The van der Waals surface area contributed by atoms with Crippen LogP contribution in [0.2, 0.25) is 0 Å². The molecule has 0 atom stereocenters. The van der Waals surface area contributed by atoms with Crippen LogP contribution >= 0.6 is 0 Å². The third-order valence-electron chi connectivity index (χ3n) is 1.51. The molecule has 0 aromatic rings. The molecule has 0 unspecified atom stereocenters. The smallest absolute Gasteiger partial charge is 0.329 e. The molecule has 0 heterocycles. The van der Waals surface area contributed by atoms with Crippen LogP contribution in [0.15, 0.2) is 5.28 Å². The van der Waals surface area contributed by atoms with Gasteiger partial charge in [0.25, 0.3) is 6.79 Å². The van der Waals surface area contributed by atoms with Crippen molar-refractivity contribution in [1.82, 2.24) is 5.01 Å². The molecule has 0 aromatic carbocycles. The normalized spacial score (nSPS) is 11.2. The Morgan fingerprint density at radius 2 is 2.12 bits per heavy atom. The fraction of sp³-hybridized carbons (Fsp3) is 0.750. The molecule has 0 bridgehead atoms. The van der Waals surface area contributed by atoms with Crippen LogP contribution in [0.4, 0.5) is 0 Å². The molecule has 0 aliphatic rings. The summed E-state index contributed by atoms with van der Waals surface area (Å²) in [5.41, 5.74) is 0. The molecule has 0 saturated carbocycles.